The Balaban J connectivity index is 1.91. The highest BCUT2D eigenvalue weighted by Crippen LogP contribution is 2.32. The van der Waals surface area contributed by atoms with Crippen molar-refractivity contribution in [2.75, 3.05) is 13.2 Å². The summed E-state index contributed by atoms with van der Waals surface area (Å²) in [5, 5.41) is 0. The van der Waals surface area contributed by atoms with Gasteiger partial charge in [-0.15, -0.1) is 0 Å². The summed E-state index contributed by atoms with van der Waals surface area (Å²) in [7, 11) is 0. The van der Waals surface area contributed by atoms with Crippen LogP contribution >= 0.6 is 0 Å². The van der Waals surface area contributed by atoms with E-state index in [0.29, 0.717) is 5.56 Å². The quantitative estimate of drug-likeness (QED) is 0.834. The molecule has 5 heteroatoms. The van der Waals surface area contributed by atoms with Crippen molar-refractivity contribution in [3.8, 4) is 0 Å². The molecule has 0 saturated carbocycles. The molecule has 1 fully saturated rings. The first-order chi connectivity index (χ1) is 11.4. The van der Waals surface area contributed by atoms with E-state index in [2.05, 4.69) is 0 Å². The highest BCUT2D eigenvalue weighted by Gasteiger charge is 2.40. The Morgan fingerprint density at radius 2 is 1.71 bits per heavy atom. The van der Waals surface area contributed by atoms with Crippen molar-refractivity contribution in [1.82, 2.24) is 4.90 Å². The van der Waals surface area contributed by atoms with Crippen LogP contribution < -0.4 is 0 Å². The van der Waals surface area contributed by atoms with Crippen LogP contribution in [0.2, 0.25) is 0 Å². The van der Waals surface area contributed by atoms with Crippen molar-refractivity contribution in [3.05, 3.63) is 71.3 Å². The summed E-state index contributed by atoms with van der Waals surface area (Å²) in [5.74, 6) is -1.35. The molecule has 0 radical (unpaired) electrons. The third-order valence-corrected chi connectivity index (χ3v) is 4.32. The molecular weight excluding hydrogens is 312 g/mol. The summed E-state index contributed by atoms with van der Waals surface area (Å²) in [6.07, 6.45) is -0.574. The van der Waals surface area contributed by atoms with Gasteiger partial charge < -0.3 is 9.64 Å². The van der Waals surface area contributed by atoms with Gasteiger partial charge in [-0.25, -0.2) is 8.78 Å². The first-order valence-corrected chi connectivity index (χ1v) is 7.83. The highest BCUT2D eigenvalue weighted by molar-refractivity contribution is 5.95. The van der Waals surface area contributed by atoms with Crippen LogP contribution in [0.4, 0.5) is 8.78 Å². The van der Waals surface area contributed by atoms with Gasteiger partial charge in [0.25, 0.3) is 5.91 Å². The molecule has 1 atom stereocenters. The smallest absolute Gasteiger partial charge is 0.257 e. The molecule has 126 valence electrons. The SMILES string of the molecule is CC1(C)COC(c2ccccc2F)CN1C(=O)c1ccccc1F. The second-order valence-corrected chi connectivity index (χ2v) is 6.53. The lowest BCUT2D eigenvalue weighted by atomic mass is 9.96. The standard InChI is InChI=1S/C19H19F2NO2/c1-19(2)12-24-17(13-7-3-5-9-15(13)20)11-22(19)18(23)14-8-4-6-10-16(14)21/h3-10,17H,11-12H2,1-2H3. The van der Waals surface area contributed by atoms with E-state index in [9.17, 15) is 13.6 Å². The normalized spacial score (nSPS) is 20.0. The Hall–Kier alpha value is -2.27. The van der Waals surface area contributed by atoms with Crippen molar-refractivity contribution in [1.29, 1.82) is 0 Å². The molecule has 24 heavy (non-hydrogen) atoms. The Morgan fingerprint density at radius 1 is 1.08 bits per heavy atom. The number of carbonyl (C=O) groups excluding carboxylic acids is 1. The molecule has 1 amide bonds. The van der Waals surface area contributed by atoms with Crippen molar-refractivity contribution in [3.63, 3.8) is 0 Å². The first kappa shape index (κ1) is 16.6. The van der Waals surface area contributed by atoms with Crippen molar-refractivity contribution in [2.24, 2.45) is 0 Å². The van der Waals surface area contributed by atoms with Gasteiger partial charge >= 0.3 is 0 Å². The lowest BCUT2D eigenvalue weighted by Crippen LogP contribution is -2.56. The van der Waals surface area contributed by atoms with E-state index < -0.39 is 23.4 Å². The van der Waals surface area contributed by atoms with Crippen LogP contribution in [0.3, 0.4) is 0 Å². The monoisotopic (exact) mass is 331 g/mol. The summed E-state index contributed by atoms with van der Waals surface area (Å²) >= 11 is 0. The lowest BCUT2D eigenvalue weighted by molar-refractivity contribution is -0.0858. The minimum Gasteiger partial charge on any atom is -0.369 e. The van der Waals surface area contributed by atoms with E-state index in [1.807, 2.05) is 13.8 Å². The molecule has 1 heterocycles. The number of rotatable bonds is 2. The molecule has 1 unspecified atom stereocenters. The Kier molecular flexibility index (Phi) is 4.37. The number of halogens is 2. The largest absolute Gasteiger partial charge is 0.369 e. The number of hydrogen-bond donors (Lipinski definition) is 0. The third-order valence-electron chi connectivity index (χ3n) is 4.32. The first-order valence-electron chi connectivity index (χ1n) is 7.83. The fourth-order valence-electron chi connectivity index (χ4n) is 2.91. The van der Waals surface area contributed by atoms with Gasteiger partial charge in [-0.2, -0.15) is 0 Å². The minimum absolute atomic E-state index is 0.0137. The second-order valence-electron chi connectivity index (χ2n) is 6.53. The summed E-state index contributed by atoms with van der Waals surface area (Å²) in [6, 6.07) is 12.2. The van der Waals surface area contributed by atoms with Gasteiger partial charge in [0.05, 0.1) is 24.3 Å². The maximum atomic E-state index is 14.0. The number of nitrogens with zero attached hydrogens (tertiary/aromatic N) is 1. The Bertz CT molecular complexity index is 761. The van der Waals surface area contributed by atoms with E-state index >= 15 is 0 Å². The van der Waals surface area contributed by atoms with Crippen molar-refractivity contribution >= 4 is 5.91 Å². The zero-order valence-corrected chi connectivity index (χ0v) is 13.6. The Morgan fingerprint density at radius 3 is 2.38 bits per heavy atom. The molecule has 3 rings (SSSR count). The highest BCUT2D eigenvalue weighted by atomic mass is 19.1. The van der Waals surface area contributed by atoms with Crippen LogP contribution in [0.25, 0.3) is 0 Å². The van der Waals surface area contributed by atoms with Crippen LogP contribution in [-0.2, 0) is 4.74 Å². The molecule has 3 nitrogen and oxygen atoms in total. The molecule has 1 aliphatic rings. The summed E-state index contributed by atoms with van der Waals surface area (Å²) in [6.45, 7) is 4.11. The van der Waals surface area contributed by atoms with E-state index in [1.165, 1.54) is 18.2 Å². The average molecular weight is 331 g/mol. The van der Waals surface area contributed by atoms with Crippen molar-refractivity contribution < 1.29 is 18.3 Å². The second kappa shape index (κ2) is 6.32. The van der Waals surface area contributed by atoms with E-state index in [4.69, 9.17) is 4.74 Å². The van der Waals surface area contributed by atoms with E-state index in [-0.39, 0.29) is 24.5 Å². The molecule has 1 aliphatic heterocycles. The molecule has 0 aromatic heterocycles. The van der Waals surface area contributed by atoms with Crippen LogP contribution in [-0.4, -0.2) is 29.5 Å². The molecular formula is C19H19F2NO2. The number of ether oxygens (including phenoxy) is 1. The number of amides is 1. The maximum absolute atomic E-state index is 14.0. The van der Waals surface area contributed by atoms with Crippen LogP contribution in [0, 0.1) is 11.6 Å². The van der Waals surface area contributed by atoms with E-state index in [1.54, 1.807) is 35.2 Å². The maximum Gasteiger partial charge on any atom is 0.257 e. The number of morpholine rings is 1. The molecule has 1 saturated heterocycles. The zero-order valence-electron chi connectivity index (χ0n) is 13.6. The third kappa shape index (κ3) is 3.04. The molecule has 0 aliphatic carbocycles. The fourth-order valence-corrected chi connectivity index (χ4v) is 2.91. The average Bonchev–Trinajstić information content (AvgIpc) is 2.55. The van der Waals surface area contributed by atoms with Gasteiger partial charge in [0.15, 0.2) is 0 Å². The summed E-state index contributed by atoms with van der Waals surface area (Å²) < 4.78 is 33.8. The predicted octanol–water partition coefficient (Wildman–Crippen LogP) is 3.96. The predicted molar refractivity (Wildman–Crippen MR) is 86.6 cm³/mol. The molecule has 2 aromatic rings. The van der Waals surface area contributed by atoms with Gasteiger partial charge in [0.1, 0.15) is 17.7 Å². The van der Waals surface area contributed by atoms with Gasteiger partial charge in [-0.3, -0.25) is 4.79 Å². The number of carbonyl (C=O) groups is 1. The van der Waals surface area contributed by atoms with Gasteiger partial charge in [-0.05, 0) is 32.0 Å². The minimum atomic E-state index is -0.610. The van der Waals surface area contributed by atoms with Crippen molar-refractivity contribution in [2.45, 2.75) is 25.5 Å². The lowest BCUT2D eigenvalue weighted by Gasteiger charge is -2.45. The van der Waals surface area contributed by atoms with Crippen LogP contribution in [0.5, 0.6) is 0 Å². The molecule has 0 spiro atoms. The van der Waals surface area contributed by atoms with E-state index in [0.717, 1.165) is 0 Å². The summed E-state index contributed by atoms with van der Waals surface area (Å²) in [4.78, 5) is 14.4. The van der Waals surface area contributed by atoms with Crippen LogP contribution in [0.15, 0.2) is 48.5 Å². The summed E-state index contributed by atoms with van der Waals surface area (Å²) in [5.41, 5.74) is -0.194. The van der Waals surface area contributed by atoms with Gasteiger partial charge in [-0.1, -0.05) is 30.3 Å². The van der Waals surface area contributed by atoms with Gasteiger partial charge in [0, 0.05) is 5.56 Å². The molecule has 0 N–H and O–H groups in total. The fraction of sp³-hybridized carbons (Fsp3) is 0.316. The molecule has 0 bridgehead atoms. The number of benzene rings is 2. The van der Waals surface area contributed by atoms with Gasteiger partial charge in [0.2, 0.25) is 0 Å². The van der Waals surface area contributed by atoms with Crippen LogP contribution in [0.1, 0.15) is 35.9 Å². The number of hydrogen-bond acceptors (Lipinski definition) is 2. The molecule has 2 aromatic carbocycles. The topological polar surface area (TPSA) is 29.5 Å². The zero-order chi connectivity index (χ0) is 17.3. The Labute approximate surface area is 139 Å².